The van der Waals surface area contributed by atoms with E-state index in [0.29, 0.717) is 5.82 Å². The van der Waals surface area contributed by atoms with Gasteiger partial charge in [-0.05, 0) is 51.2 Å². The van der Waals surface area contributed by atoms with Crippen LogP contribution in [0.15, 0.2) is 126 Å². The van der Waals surface area contributed by atoms with Gasteiger partial charge in [0.05, 0.1) is 11.2 Å². The molecule has 0 radical (unpaired) electrons. The molecule has 0 fully saturated rings. The lowest BCUT2D eigenvalue weighted by molar-refractivity contribution is 0.673. The maximum atomic E-state index is 6.71. The summed E-state index contributed by atoms with van der Waals surface area (Å²) >= 11 is 0. The second-order valence-corrected chi connectivity index (χ2v) is 10.2. The fourth-order valence-electron chi connectivity index (χ4n) is 6.26. The Hall–Kier alpha value is -5.28. The van der Waals surface area contributed by atoms with Crippen LogP contribution in [0, 0.1) is 0 Å². The van der Waals surface area contributed by atoms with Crippen molar-refractivity contribution in [1.29, 1.82) is 0 Å². The highest BCUT2D eigenvalue weighted by molar-refractivity contribution is 6.36. The van der Waals surface area contributed by atoms with Gasteiger partial charge in [-0.3, -0.25) is 0 Å². The van der Waals surface area contributed by atoms with E-state index < -0.39 is 0 Å². The van der Waals surface area contributed by atoms with Crippen LogP contribution in [0.5, 0.6) is 0 Å². The van der Waals surface area contributed by atoms with Gasteiger partial charge in [0.15, 0.2) is 5.82 Å². The van der Waals surface area contributed by atoms with Gasteiger partial charge >= 0.3 is 0 Å². The van der Waals surface area contributed by atoms with Crippen LogP contribution in [0.2, 0.25) is 0 Å². The Balaban J connectivity index is 1.43. The van der Waals surface area contributed by atoms with Gasteiger partial charge in [0.2, 0.25) is 0 Å². The van der Waals surface area contributed by atoms with Gasteiger partial charge in [-0.2, -0.15) is 0 Å². The molecule has 0 amide bonds. The molecule has 3 heteroatoms. The van der Waals surface area contributed by atoms with Crippen molar-refractivity contribution in [3.8, 4) is 22.6 Å². The summed E-state index contributed by atoms with van der Waals surface area (Å²) in [7, 11) is 0. The van der Waals surface area contributed by atoms with E-state index >= 15 is 0 Å². The fraction of sp³-hybridized carbons (Fsp3) is 0. The minimum absolute atomic E-state index is 0.694. The molecule has 0 atom stereocenters. The number of benzene rings is 7. The molecule has 0 aliphatic heterocycles. The summed E-state index contributed by atoms with van der Waals surface area (Å²) in [5.41, 5.74) is 5.68. The van der Waals surface area contributed by atoms with Crippen molar-refractivity contribution in [2.75, 3.05) is 0 Å². The van der Waals surface area contributed by atoms with Crippen molar-refractivity contribution >= 4 is 65.2 Å². The summed E-state index contributed by atoms with van der Waals surface area (Å²) in [4.78, 5) is 10.2. The van der Waals surface area contributed by atoms with Gasteiger partial charge < -0.3 is 4.42 Å². The lowest BCUT2D eigenvalue weighted by Gasteiger charge is -2.12. The molecule has 9 rings (SSSR count). The summed E-state index contributed by atoms with van der Waals surface area (Å²) in [5, 5.41) is 10.5. The first-order valence-corrected chi connectivity index (χ1v) is 13.2. The molecule has 7 aromatic carbocycles. The van der Waals surface area contributed by atoms with E-state index in [9.17, 15) is 0 Å². The molecule has 9 aromatic rings. The molecule has 0 N–H and O–H groups in total. The first-order chi connectivity index (χ1) is 19.3. The Morgan fingerprint density at radius 2 is 1.13 bits per heavy atom. The van der Waals surface area contributed by atoms with Crippen LogP contribution in [0.3, 0.4) is 0 Å². The van der Waals surface area contributed by atoms with Crippen LogP contribution in [-0.4, -0.2) is 9.97 Å². The number of aromatic nitrogens is 2. The molecule has 0 bridgehead atoms. The van der Waals surface area contributed by atoms with Crippen molar-refractivity contribution < 1.29 is 4.42 Å². The van der Waals surface area contributed by atoms with Crippen molar-refractivity contribution in [1.82, 2.24) is 9.97 Å². The third kappa shape index (κ3) is 2.87. The molecule has 2 aromatic heterocycles. The zero-order chi connectivity index (χ0) is 25.5. The molecule has 0 spiro atoms. The van der Waals surface area contributed by atoms with E-state index in [-0.39, 0.29) is 0 Å². The summed E-state index contributed by atoms with van der Waals surface area (Å²) in [6.45, 7) is 0. The lowest BCUT2D eigenvalue weighted by Crippen LogP contribution is -1.95. The Bertz CT molecular complexity index is 2390. The summed E-state index contributed by atoms with van der Waals surface area (Å²) < 4.78 is 6.71. The average molecular weight is 497 g/mol. The van der Waals surface area contributed by atoms with Gasteiger partial charge in [-0.1, -0.05) is 97.1 Å². The second kappa shape index (κ2) is 7.62. The Morgan fingerprint density at radius 1 is 0.462 bits per heavy atom. The minimum Gasteiger partial charge on any atom is -0.455 e. The summed E-state index contributed by atoms with van der Waals surface area (Å²) in [5.74, 6) is 0.694. The molecule has 0 aliphatic rings. The normalized spacial score (nSPS) is 12.1. The van der Waals surface area contributed by atoms with E-state index in [0.717, 1.165) is 55.0 Å². The van der Waals surface area contributed by atoms with Crippen molar-refractivity contribution in [3.63, 3.8) is 0 Å². The van der Waals surface area contributed by atoms with Gasteiger partial charge in [0.25, 0.3) is 0 Å². The van der Waals surface area contributed by atoms with E-state index in [4.69, 9.17) is 14.4 Å². The maximum Gasteiger partial charge on any atom is 0.160 e. The van der Waals surface area contributed by atoms with Gasteiger partial charge in [0, 0.05) is 32.7 Å². The smallest absolute Gasteiger partial charge is 0.160 e. The highest BCUT2D eigenvalue weighted by Crippen LogP contribution is 2.46. The second-order valence-electron chi connectivity index (χ2n) is 10.2. The standard InChI is InChI=1S/C36H20N2O/c1-2-10-21(11-3-1)34-27-16-8-9-17-30(27)37-36(38-34)23-19-28-25-14-6-7-15-26(25)29-18-22-12-4-5-13-24(22)35-33(29)32(28)31(20-23)39-35/h1-20H. The van der Waals surface area contributed by atoms with Gasteiger partial charge in [-0.25, -0.2) is 9.97 Å². The molecule has 0 unspecified atom stereocenters. The maximum absolute atomic E-state index is 6.71. The third-order valence-corrected chi connectivity index (χ3v) is 7.98. The zero-order valence-corrected chi connectivity index (χ0v) is 20.8. The predicted molar refractivity (Wildman–Crippen MR) is 161 cm³/mol. The molecule has 2 heterocycles. The minimum atomic E-state index is 0.694. The highest BCUT2D eigenvalue weighted by Gasteiger charge is 2.21. The molecule has 180 valence electrons. The van der Waals surface area contributed by atoms with E-state index in [1.807, 2.05) is 18.2 Å². The van der Waals surface area contributed by atoms with Crippen molar-refractivity contribution in [2.24, 2.45) is 0 Å². The van der Waals surface area contributed by atoms with E-state index in [2.05, 4.69) is 103 Å². The number of furan rings is 1. The summed E-state index contributed by atoms with van der Waals surface area (Å²) in [6, 6.07) is 42.4. The number of para-hydroxylation sites is 1. The van der Waals surface area contributed by atoms with E-state index in [1.165, 1.54) is 26.9 Å². The molecule has 39 heavy (non-hydrogen) atoms. The SMILES string of the molecule is c1ccc(-c2nc(-c3cc4oc5c6ccccc6cc6c7ccccc7c(c3)c4c65)nc3ccccc23)cc1. The van der Waals surface area contributed by atoms with Crippen LogP contribution in [0.4, 0.5) is 0 Å². The molecule has 0 saturated heterocycles. The van der Waals surface area contributed by atoms with Crippen LogP contribution >= 0.6 is 0 Å². The number of fused-ring (bicyclic) bond motifs is 6. The molecule has 0 saturated carbocycles. The fourth-order valence-corrected chi connectivity index (χ4v) is 6.26. The van der Waals surface area contributed by atoms with E-state index in [1.54, 1.807) is 0 Å². The molecule has 3 nitrogen and oxygen atoms in total. The molecular weight excluding hydrogens is 476 g/mol. The Kier molecular flexibility index (Phi) is 4.05. The average Bonchev–Trinajstić information content (AvgIpc) is 3.40. The number of hydrogen-bond acceptors (Lipinski definition) is 3. The molecule has 0 aliphatic carbocycles. The van der Waals surface area contributed by atoms with Crippen LogP contribution < -0.4 is 0 Å². The third-order valence-electron chi connectivity index (χ3n) is 7.98. The van der Waals surface area contributed by atoms with Crippen LogP contribution in [0.25, 0.3) is 87.8 Å². The van der Waals surface area contributed by atoms with Crippen molar-refractivity contribution in [2.45, 2.75) is 0 Å². The van der Waals surface area contributed by atoms with Crippen molar-refractivity contribution in [3.05, 3.63) is 121 Å². The first kappa shape index (κ1) is 20.7. The lowest BCUT2D eigenvalue weighted by atomic mass is 9.91. The zero-order valence-electron chi connectivity index (χ0n) is 20.8. The number of hydrogen-bond donors (Lipinski definition) is 0. The summed E-state index contributed by atoms with van der Waals surface area (Å²) in [6.07, 6.45) is 0. The van der Waals surface area contributed by atoms with Gasteiger partial charge in [-0.15, -0.1) is 0 Å². The quantitative estimate of drug-likeness (QED) is 0.177. The first-order valence-electron chi connectivity index (χ1n) is 13.2. The number of rotatable bonds is 2. The van der Waals surface area contributed by atoms with Crippen LogP contribution in [-0.2, 0) is 0 Å². The predicted octanol–water partition coefficient (Wildman–Crippen LogP) is 9.76. The monoisotopic (exact) mass is 496 g/mol. The largest absolute Gasteiger partial charge is 0.455 e. The topological polar surface area (TPSA) is 38.9 Å². The Labute approximate surface area is 223 Å². The van der Waals surface area contributed by atoms with Crippen LogP contribution in [0.1, 0.15) is 0 Å². The highest BCUT2D eigenvalue weighted by atomic mass is 16.3. The Morgan fingerprint density at radius 3 is 1.95 bits per heavy atom. The number of nitrogens with zero attached hydrogens (tertiary/aromatic N) is 2. The molecular formula is C36H20N2O. The van der Waals surface area contributed by atoms with Gasteiger partial charge in [0.1, 0.15) is 11.2 Å².